The molecule has 2 aromatic heterocycles. The molecule has 0 unspecified atom stereocenters. The van der Waals surface area contributed by atoms with Crippen LogP contribution in [0.4, 0.5) is 0 Å². The lowest BCUT2D eigenvalue weighted by molar-refractivity contribution is 0.452. The van der Waals surface area contributed by atoms with Gasteiger partial charge in [-0.15, -0.1) is 0 Å². The summed E-state index contributed by atoms with van der Waals surface area (Å²) in [5, 5.41) is 8.75. The van der Waals surface area contributed by atoms with Gasteiger partial charge in [-0.2, -0.15) is 14.5 Å². The maximum absolute atomic E-state index is 12.9. The summed E-state index contributed by atoms with van der Waals surface area (Å²) in [5.41, 5.74) is 1.79. The van der Waals surface area contributed by atoms with Crippen molar-refractivity contribution < 1.29 is 8.42 Å². The van der Waals surface area contributed by atoms with Gasteiger partial charge in [0.2, 0.25) is 10.0 Å². The van der Waals surface area contributed by atoms with E-state index in [0.29, 0.717) is 28.6 Å². The smallest absolute Gasteiger partial charge is 0.246 e. The molecule has 0 aliphatic heterocycles. The lowest BCUT2D eigenvalue weighted by Gasteiger charge is -2.18. The third-order valence-corrected chi connectivity index (χ3v) is 6.04. The molecule has 0 atom stereocenters. The standard InChI is InChI=1S/C13H20ClN5O2S/c1-6-19-10(3)13(9(2)16-19)22(20,21)17(4)8-12-11(14)7-15-18(12)5/h7H,6,8H2,1-5H3. The van der Waals surface area contributed by atoms with Crippen molar-refractivity contribution in [3.8, 4) is 0 Å². The second-order valence-corrected chi connectivity index (χ2v) is 7.53. The summed E-state index contributed by atoms with van der Waals surface area (Å²) in [5.74, 6) is 0. The first-order chi connectivity index (χ1) is 10.2. The van der Waals surface area contributed by atoms with Crippen molar-refractivity contribution in [3.05, 3.63) is 28.3 Å². The number of aryl methyl sites for hydroxylation is 3. The lowest BCUT2D eigenvalue weighted by atomic mass is 10.4. The molecule has 2 aromatic rings. The second-order valence-electron chi connectivity index (χ2n) is 5.14. The van der Waals surface area contributed by atoms with Crippen molar-refractivity contribution in [3.63, 3.8) is 0 Å². The van der Waals surface area contributed by atoms with E-state index in [-0.39, 0.29) is 11.4 Å². The number of nitrogens with zero attached hydrogens (tertiary/aromatic N) is 5. The highest BCUT2D eigenvalue weighted by Gasteiger charge is 2.29. The Balaban J connectivity index is 2.40. The van der Waals surface area contributed by atoms with E-state index in [1.54, 1.807) is 30.3 Å². The third-order valence-electron chi connectivity index (χ3n) is 3.67. The SMILES string of the molecule is CCn1nc(C)c(S(=O)(=O)N(C)Cc2c(Cl)cnn2C)c1C. The van der Waals surface area contributed by atoms with Crippen LogP contribution in [0.1, 0.15) is 24.0 Å². The predicted octanol–water partition coefficient (Wildman–Crippen LogP) is 1.73. The lowest BCUT2D eigenvalue weighted by Crippen LogP contribution is -2.28. The highest BCUT2D eigenvalue weighted by molar-refractivity contribution is 7.89. The Bertz CT molecular complexity index is 774. The van der Waals surface area contributed by atoms with Gasteiger partial charge in [0.1, 0.15) is 4.90 Å². The fraction of sp³-hybridized carbons (Fsp3) is 0.538. The van der Waals surface area contributed by atoms with E-state index in [1.165, 1.54) is 17.5 Å². The minimum Gasteiger partial charge on any atom is -0.270 e. The van der Waals surface area contributed by atoms with Crippen molar-refractivity contribution in [2.75, 3.05) is 7.05 Å². The van der Waals surface area contributed by atoms with Gasteiger partial charge in [0.25, 0.3) is 0 Å². The Morgan fingerprint density at radius 1 is 1.36 bits per heavy atom. The summed E-state index contributed by atoms with van der Waals surface area (Å²) in [6.07, 6.45) is 1.50. The number of hydrogen-bond acceptors (Lipinski definition) is 4. The maximum atomic E-state index is 12.9. The van der Waals surface area contributed by atoms with Crippen LogP contribution in [0.3, 0.4) is 0 Å². The Kier molecular flexibility index (Phi) is 4.65. The van der Waals surface area contributed by atoms with Crippen LogP contribution in [0.15, 0.2) is 11.1 Å². The number of hydrogen-bond donors (Lipinski definition) is 0. The zero-order valence-corrected chi connectivity index (χ0v) is 14.9. The molecule has 9 heteroatoms. The van der Waals surface area contributed by atoms with Crippen molar-refractivity contribution in [1.29, 1.82) is 0 Å². The molecule has 0 saturated heterocycles. The molecular formula is C13H20ClN5O2S. The molecule has 122 valence electrons. The zero-order chi connectivity index (χ0) is 16.7. The van der Waals surface area contributed by atoms with Crippen molar-refractivity contribution >= 4 is 21.6 Å². The summed E-state index contributed by atoms with van der Waals surface area (Å²) in [6, 6.07) is 0. The van der Waals surface area contributed by atoms with Gasteiger partial charge < -0.3 is 0 Å². The summed E-state index contributed by atoms with van der Waals surface area (Å²) in [6.45, 7) is 6.17. The molecule has 2 rings (SSSR count). The fourth-order valence-electron chi connectivity index (χ4n) is 2.43. The van der Waals surface area contributed by atoms with Gasteiger partial charge in [-0.3, -0.25) is 9.36 Å². The highest BCUT2D eigenvalue weighted by atomic mass is 35.5. The highest BCUT2D eigenvalue weighted by Crippen LogP contribution is 2.25. The average Bonchev–Trinajstić information content (AvgIpc) is 2.91. The van der Waals surface area contributed by atoms with Gasteiger partial charge in [-0.1, -0.05) is 11.6 Å². The molecule has 0 fully saturated rings. The van der Waals surface area contributed by atoms with Crippen molar-refractivity contribution in [2.24, 2.45) is 7.05 Å². The van der Waals surface area contributed by atoms with Crippen LogP contribution < -0.4 is 0 Å². The molecule has 0 saturated carbocycles. The summed E-state index contributed by atoms with van der Waals surface area (Å²) < 4.78 is 30.2. The van der Waals surface area contributed by atoms with E-state index in [1.807, 2.05) is 6.92 Å². The van der Waals surface area contributed by atoms with Crippen molar-refractivity contribution in [2.45, 2.75) is 38.8 Å². The summed E-state index contributed by atoms with van der Waals surface area (Å²) in [7, 11) is -0.391. The van der Waals surface area contributed by atoms with E-state index >= 15 is 0 Å². The van der Waals surface area contributed by atoms with Crippen LogP contribution in [0.5, 0.6) is 0 Å². The van der Waals surface area contributed by atoms with Gasteiger partial charge in [-0.25, -0.2) is 8.42 Å². The number of sulfonamides is 1. The molecular weight excluding hydrogens is 326 g/mol. The van der Waals surface area contributed by atoms with Crippen LogP contribution in [-0.4, -0.2) is 39.3 Å². The van der Waals surface area contributed by atoms with Gasteiger partial charge in [0, 0.05) is 20.6 Å². The molecule has 2 heterocycles. The molecule has 0 bridgehead atoms. The van der Waals surface area contributed by atoms with Crippen LogP contribution >= 0.6 is 11.6 Å². The molecule has 7 nitrogen and oxygen atoms in total. The molecule has 0 radical (unpaired) electrons. The topological polar surface area (TPSA) is 73.0 Å². The Hall–Kier alpha value is -1.38. The van der Waals surface area contributed by atoms with Crippen LogP contribution in [0.25, 0.3) is 0 Å². The van der Waals surface area contributed by atoms with Crippen LogP contribution in [-0.2, 0) is 30.2 Å². The molecule has 0 spiro atoms. The van der Waals surface area contributed by atoms with E-state index in [9.17, 15) is 8.42 Å². The van der Waals surface area contributed by atoms with Gasteiger partial charge in [0.05, 0.1) is 34.8 Å². The average molecular weight is 346 g/mol. The van der Waals surface area contributed by atoms with E-state index < -0.39 is 10.0 Å². The summed E-state index contributed by atoms with van der Waals surface area (Å²) in [4.78, 5) is 0.259. The van der Waals surface area contributed by atoms with Gasteiger partial charge in [-0.05, 0) is 20.8 Å². The molecule has 0 N–H and O–H groups in total. The maximum Gasteiger partial charge on any atom is 0.246 e. The number of aromatic nitrogens is 4. The van der Waals surface area contributed by atoms with Gasteiger partial charge in [0.15, 0.2) is 0 Å². The minimum atomic E-state index is -3.65. The quantitative estimate of drug-likeness (QED) is 0.827. The van der Waals surface area contributed by atoms with E-state index in [4.69, 9.17) is 11.6 Å². The van der Waals surface area contributed by atoms with Gasteiger partial charge >= 0.3 is 0 Å². The van der Waals surface area contributed by atoms with Crippen LogP contribution in [0, 0.1) is 13.8 Å². The van der Waals surface area contributed by atoms with Crippen LogP contribution in [0.2, 0.25) is 5.02 Å². The fourth-order valence-corrected chi connectivity index (χ4v) is 4.15. The van der Waals surface area contributed by atoms with Crippen molar-refractivity contribution in [1.82, 2.24) is 23.9 Å². The Labute approximate surface area is 135 Å². The summed E-state index contributed by atoms with van der Waals surface area (Å²) >= 11 is 6.05. The first-order valence-corrected chi connectivity index (χ1v) is 8.68. The molecule has 0 aliphatic carbocycles. The molecule has 22 heavy (non-hydrogen) atoms. The largest absolute Gasteiger partial charge is 0.270 e. The number of rotatable bonds is 5. The minimum absolute atomic E-state index is 0.147. The first-order valence-electron chi connectivity index (χ1n) is 6.86. The molecule has 0 aliphatic rings. The van der Waals surface area contributed by atoms with E-state index in [2.05, 4.69) is 10.2 Å². The monoisotopic (exact) mass is 345 g/mol. The molecule has 0 aromatic carbocycles. The number of halogens is 1. The zero-order valence-electron chi connectivity index (χ0n) is 13.3. The second kappa shape index (κ2) is 6.02. The first kappa shape index (κ1) is 17.0. The Morgan fingerprint density at radius 3 is 2.45 bits per heavy atom. The predicted molar refractivity (Wildman–Crippen MR) is 84.2 cm³/mol. The normalized spacial score (nSPS) is 12.3. The van der Waals surface area contributed by atoms with E-state index in [0.717, 1.165) is 0 Å². The molecule has 0 amide bonds. The Morgan fingerprint density at radius 2 is 2.00 bits per heavy atom. The third kappa shape index (κ3) is 2.78.